The Hall–Kier alpha value is -2.77. The molecule has 6 nitrogen and oxygen atoms in total. The van der Waals surface area contributed by atoms with Crippen molar-refractivity contribution < 1.29 is 18.7 Å². The van der Waals surface area contributed by atoms with E-state index in [9.17, 15) is 9.59 Å². The zero-order chi connectivity index (χ0) is 24.9. The largest absolute Gasteiger partial charge is 0.491 e. The number of furan rings is 1. The van der Waals surface area contributed by atoms with E-state index in [-0.39, 0.29) is 36.1 Å². The van der Waals surface area contributed by atoms with Crippen LogP contribution in [-0.2, 0) is 11.2 Å². The van der Waals surface area contributed by atoms with Crippen LogP contribution >= 0.6 is 22.9 Å². The van der Waals surface area contributed by atoms with Crippen LogP contribution < -0.4 is 4.74 Å². The van der Waals surface area contributed by atoms with E-state index in [1.807, 2.05) is 30.0 Å². The highest BCUT2D eigenvalue weighted by Crippen LogP contribution is 2.34. The Labute approximate surface area is 215 Å². The van der Waals surface area contributed by atoms with E-state index >= 15 is 0 Å². The van der Waals surface area contributed by atoms with Crippen molar-refractivity contribution in [2.24, 2.45) is 5.92 Å². The number of benzene rings is 1. The Morgan fingerprint density at radius 2 is 2.14 bits per heavy atom. The highest BCUT2D eigenvalue weighted by Gasteiger charge is 2.34. The summed E-state index contributed by atoms with van der Waals surface area (Å²) in [7, 11) is 0. The summed E-state index contributed by atoms with van der Waals surface area (Å²) in [6, 6.07) is 10.7. The normalized spacial score (nSPS) is 16.0. The topological polar surface area (TPSA) is 63.0 Å². The molecule has 0 radical (unpaired) electrons. The standard InChI is InChI=1S/C27H31ClN2O4S/c1-4-18(2)15-29(27(32)24-6-5-12-33-24)16-26(31)30-11-9-25-21(10-13-35-25)23(30)17-34-20-7-8-22(28)19(3)14-20/h5-8,10,12-14,18,23H,4,9,11,15-17H2,1-3H3/t18-,23+/m0/s1. The Morgan fingerprint density at radius 1 is 1.31 bits per heavy atom. The molecule has 0 saturated carbocycles. The monoisotopic (exact) mass is 514 g/mol. The van der Waals surface area contributed by atoms with Gasteiger partial charge in [-0.25, -0.2) is 0 Å². The van der Waals surface area contributed by atoms with Crippen molar-refractivity contribution >= 4 is 34.8 Å². The first-order chi connectivity index (χ1) is 16.9. The van der Waals surface area contributed by atoms with Crippen LogP contribution in [0.5, 0.6) is 5.75 Å². The second-order valence-electron chi connectivity index (χ2n) is 9.05. The predicted octanol–water partition coefficient (Wildman–Crippen LogP) is 6.00. The lowest BCUT2D eigenvalue weighted by Gasteiger charge is -2.37. The third-order valence-electron chi connectivity index (χ3n) is 6.53. The van der Waals surface area contributed by atoms with Crippen LogP contribution in [0.3, 0.4) is 0 Å². The minimum atomic E-state index is -0.263. The zero-order valence-electron chi connectivity index (χ0n) is 20.3. The van der Waals surface area contributed by atoms with Gasteiger partial charge in [-0.15, -0.1) is 11.3 Å². The molecule has 2 aromatic heterocycles. The SMILES string of the molecule is CC[C@H](C)CN(CC(=O)N1CCc2sccc2[C@H]1COc1ccc(Cl)c(C)c1)C(=O)c1ccco1. The van der Waals surface area contributed by atoms with Crippen LogP contribution in [0, 0.1) is 12.8 Å². The maximum absolute atomic E-state index is 13.6. The van der Waals surface area contributed by atoms with Crippen LogP contribution in [0.4, 0.5) is 0 Å². The Balaban J connectivity index is 1.53. The average molecular weight is 515 g/mol. The first-order valence-corrected chi connectivity index (χ1v) is 13.2. The fraction of sp³-hybridized carbons (Fsp3) is 0.407. The highest BCUT2D eigenvalue weighted by atomic mass is 35.5. The summed E-state index contributed by atoms with van der Waals surface area (Å²) < 4.78 is 11.5. The number of ether oxygens (including phenoxy) is 1. The van der Waals surface area contributed by atoms with Crippen LogP contribution in [0.1, 0.15) is 52.9 Å². The molecule has 3 heterocycles. The van der Waals surface area contributed by atoms with Gasteiger partial charge in [0.25, 0.3) is 5.91 Å². The van der Waals surface area contributed by atoms with Crippen molar-refractivity contribution in [1.29, 1.82) is 0 Å². The number of thiophene rings is 1. The first kappa shape index (κ1) is 25.3. The number of amides is 2. The Kier molecular flexibility index (Phi) is 8.19. The fourth-order valence-corrected chi connectivity index (χ4v) is 5.34. The highest BCUT2D eigenvalue weighted by molar-refractivity contribution is 7.10. The molecule has 0 saturated heterocycles. The van der Waals surface area contributed by atoms with Crippen molar-refractivity contribution in [2.45, 2.75) is 39.7 Å². The number of nitrogens with zero attached hydrogens (tertiary/aromatic N) is 2. The molecule has 0 N–H and O–H groups in total. The smallest absolute Gasteiger partial charge is 0.290 e. The molecule has 2 amide bonds. The number of hydrogen-bond acceptors (Lipinski definition) is 5. The molecule has 1 aliphatic rings. The van der Waals surface area contributed by atoms with Gasteiger partial charge in [0.15, 0.2) is 5.76 Å². The first-order valence-electron chi connectivity index (χ1n) is 11.9. The van der Waals surface area contributed by atoms with Crippen molar-refractivity contribution in [3.8, 4) is 5.75 Å². The number of aryl methyl sites for hydroxylation is 1. The molecule has 1 aromatic carbocycles. The van der Waals surface area contributed by atoms with E-state index < -0.39 is 0 Å². The van der Waals surface area contributed by atoms with E-state index in [2.05, 4.69) is 25.3 Å². The molecule has 0 spiro atoms. The summed E-state index contributed by atoms with van der Waals surface area (Å²) in [6.07, 6.45) is 3.19. The van der Waals surface area contributed by atoms with Crippen molar-refractivity contribution in [3.05, 3.63) is 74.8 Å². The summed E-state index contributed by atoms with van der Waals surface area (Å²) in [6.45, 7) is 7.50. The summed E-state index contributed by atoms with van der Waals surface area (Å²) >= 11 is 7.87. The van der Waals surface area contributed by atoms with Gasteiger partial charge < -0.3 is 19.0 Å². The number of hydrogen-bond donors (Lipinski definition) is 0. The summed E-state index contributed by atoms with van der Waals surface area (Å²) in [4.78, 5) is 31.5. The minimum Gasteiger partial charge on any atom is -0.491 e. The van der Waals surface area contributed by atoms with Crippen molar-refractivity contribution in [1.82, 2.24) is 9.80 Å². The lowest BCUT2D eigenvalue weighted by molar-refractivity contribution is -0.135. The second-order valence-corrected chi connectivity index (χ2v) is 10.5. The van der Waals surface area contributed by atoms with Crippen LogP contribution in [0.2, 0.25) is 5.02 Å². The van der Waals surface area contributed by atoms with Gasteiger partial charge in [-0.05, 0) is 72.2 Å². The van der Waals surface area contributed by atoms with Crippen molar-refractivity contribution in [3.63, 3.8) is 0 Å². The van der Waals surface area contributed by atoms with Crippen molar-refractivity contribution in [2.75, 3.05) is 26.2 Å². The molecular weight excluding hydrogens is 484 g/mol. The van der Waals surface area contributed by atoms with Gasteiger partial charge in [0, 0.05) is 23.0 Å². The molecule has 8 heteroatoms. The Morgan fingerprint density at radius 3 is 2.86 bits per heavy atom. The summed E-state index contributed by atoms with van der Waals surface area (Å²) in [5, 5.41) is 2.75. The van der Waals surface area contributed by atoms with Gasteiger partial charge >= 0.3 is 0 Å². The minimum absolute atomic E-state index is 0.000102. The van der Waals surface area contributed by atoms with Gasteiger partial charge in [0.1, 0.15) is 18.9 Å². The predicted molar refractivity (Wildman–Crippen MR) is 138 cm³/mol. The summed E-state index contributed by atoms with van der Waals surface area (Å²) in [5.74, 6) is 0.872. The van der Waals surface area contributed by atoms with Crippen LogP contribution in [0.15, 0.2) is 52.5 Å². The van der Waals surface area contributed by atoms with Crippen LogP contribution in [-0.4, -0.2) is 47.9 Å². The van der Waals surface area contributed by atoms with Crippen LogP contribution in [0.25, 0.3) is 0 Å². The lowest BCUT2D eigenvalue weighted by atomic mass is 10.00. The molecule has 3 aromatic rings. The average Bonchev–Trinajstić information content (AvgIpc) is 3.56. The third-order valence-corrected chi connectivity index (χ3v) is 7.95. The third kappa shape index (κ3) is 5.90. The molecule has 186 valence electrons. The maximum atomic E-state index is 13.6. The molecular formula is C27H31ClN2O4S. The Bertz CT molecular complexity index is 1160. The number of carbonyl (C=O) groups excluding carboxylic acids is 2. The van der Waals surface area contributed by atoms with E-state index in [0.717, 1.165) is 24.0 Å². The van der Waals surface area contributed by atoms with Gasteiger partial charge in [-0.1, -0.05) is 31.9 Å². The molecule has 35 heavy (non-hydrogen) atoms. The second kappa shape index (κ2) is 11.3. The van der Waals surface area contributed by atoms with E-state index in [1.54, 1.807) is 28.4 Å². The number of carbonyl (C=O) groups is 2. The molecule has 4 rings (SSSR count). The number of fused-ring (bicyclic) bond motifs is 1. The zero-order valence-corrected chi connectivity index (χ0v) is 21.9. The van der Waals surface area contributed by atoms with Gasteiger partial charge in [-0.3, -0.25) is 9.59 Å². The van der Waals surface area contributed by atoms with E-state index in [0.29, 0.717) is 30.5 Å². The quantitative estimate of drug-likeness (QED) is 0.351. The van der Waals surface area contributed by atoms with E-state index in [4.69, 9.17) is 20.8 Å². The number of halogens is 1. The number of rotatable bonds is 9. The maximum Gasteiger partial charge on any atom is 0.290 e. The van der Waals surface area contributed by atoms with Gasteiger partial charge in [-0.2, -0.15) is 0 Å². The molecule has 2 atom stereocenters. The fourth-order valence-electron chi connectivity index (χ4n) is 4.29. The molecule has 0 bridgehead atoms. The van der Waals surface area contributed by atoms with Gasteiger partial charge in [0.2, 0.25) is 5.91 Å². The van der Waals surface area contributed by atoms with E-state index in [1.165, 1.54) is 11.1 Å². The lowest BCUT2D eigenvalue weighted by Crippen LogP contribution is -2.48. The molecule has 1 aliphatic heterocycles. The molecule has 0 aliphatic carbocycles. The molecule has 0 fully saturated rings. The molecule has 0 unspecified atom stereocenters. The van der Waals surface area contributed by atoms with Gasteiger partial charge in [0.05, 0.1) is 12.3 Å². The summed E-state index contributed by atoms with van der Waals surface area (Å²) in [5.41, 5.74) is 2.06.